The van der Waals surface area contributed by atoms with E-state index in [0.29, 0.717) is 16.6 Å². The van der Waals surface area contributed by atoms with Gasteiger partial charge in [0.05, 0.1) is 19.0 Å². The second-order valence-corrected chi connectivity index (χ2v) is 8.84. The van der Waals surface area contributed by atoms with Crippen molar-refractivity contribution < 1.29 is 14.3 Å². The lowest BCUT2D eigenvalue weighted by atomic mass is 10.2. The van der Waals surface area contributed by atoms with Gasteiger partial charge in [0.15, 0.2) is 4.34 Å². The van der Waals surface area contributed by atoms with Crippen LogP contribution in [0.1, 0.15) is 21.8 Å². The molecule has 10 heteroatoms. The average Bonchev–Trinajstić information content (AvgIpc) is 3.21. The van der Waals surface area contributed by atoms with Crippen LogP contribution in [0.2, 0.25) is 0 Å². The first-order valence-corrected chi connectivity index (χ1v) is 11.3. The molecule has 1 aliphatic rings. The van der Waals surface area contributed by atoms with Gasteiger partial charge in [0, 0.05) is 25.3 Å². The number of nitrogens with one attached hydrogen (secondary N) is 2. The minimum atomic E-state index is -0.300. The summed E-state index contributed by atoms with van der Waals surface area (Å²) in [5.41, 5.74) is 1.83. The number of carbonyl (C=O) groups is 2. The van der Waals surface area contributed by atoms with Crippen molar-refractivity contribution in [3.8, 4) is 0 Å². The molecule has 2 N–H and O–H groups in total. The summed E-state index contributed by atoms with van der Waals surface area (Å²) in [6.07, 6.45) is 0.915. The monoisotopic (exact) mass is 435 g/mol. The molecule has 3 rings (SSSR count). The van der Waals surface area contributed by atoms with E-state index >= 15 is 0 Å². The number of rotatable bonds is 9. The molecule has 0 spiro atoms. The summed E-state index contributed by atoms with van der Waals surface area (Å²) in [6, 6.07) is 7.54. The van der Waals surface area contributed by atoms with Gasteiger partial charge in [-0.3, -0.25) is 14.5 Å². The van der Waals surface area contributed by atoms with Crippen LogP contribution >= 0.6 is 23.1 Å². The van der Waals surface area contributed by atoms with Crippen LogP contribution in [0.4, 0.5) is 5.69 Å². The topological polar surface area (TPSA) is 96.5 Å². The fourth-order valence-electron chi connectivity index (χ4n) is 2.71. The van der Waals surface area contributed by atoms with Gasteiger partial charge in [-0.05, 0) is 32.0 Å². The van der Waals surface area contributed by atoms with Gasteiger partial charge in [0.25, 0.3) is 5.91 Å². The van der Waals surface area contributed by atoms with Crippen molar-refractivity contribution in [1.82, 2.24) is 20.4 Å². The maximum atomic E-state index is 12.3. The number of aromatic nitrogens is 2. The lowest BCUT2D eigenvalue weighted by Crippen LogP contribution is -2.38. The third-order valence-electron chi connectivity index (χ3n) is 4.31. The lowest BCUT2D eigenvalue weighted by molar-refractivity contribution is -0.118. The molecule has 2 amide bonds. The van der Waals surface area contributed by atoms with E-state index in [0.717, 1.165) is 44.8 Å². The molecule has 0 radical (unpaired) electrons. The molecule has 1 aliphatic heterocycles. The van der Waals surface area contributed by atoms with Gasteiger partial charge in [0.1, 0.15) is 0 Å². The van der Waals surface area contributed by atoms with E-state index in [-0.39, 0.29) is 22.6 Å². The standard InChI is InChI=1S/C19H25N5O3S2/c1-14-3-5-15(6-4-14)21-17(26)18-22-23-19(29-18)28-13-16(25)20-7-2-8-24-9-11-27-12-10-24/h3-6H,2,7-13H2,1H3,(H,20,25)(H,21,26). The molecule has 0 aliphatic carbocycles. The van der Waals surface area contributed by atoms with Crippen LogP contribution in [-0.2, 0) is 9.53 Å². The van der Waals surface area contributed by atoms with E-state index in [1.165, 1.54) is 23.1 Å². The molecule has 0 atom stereocenters. The quantitative estimate of drug-likeness (QED) is 0.459. The van der Waals surface area contributed by atoms with Crippen LogP contribution in [0.3, 0.4) is 0 Å². The number of carbonyl (C=O) groups excluding carboxylic acids is 2. The number of nitrogens with zero attached hydrogens (tertiary/aromatic N) is 3. The Kier molecular flexibility index (Phi) is 8.41. The van der Waals surface area contributed by atoms with E-state index < -0.39 is 0 Å². The summed E-state index contributed by atoms with van der Waals surface area (Å²) in [7, 11) is 0. The fourth-order valence-corrected chi connectivity index (χ4v) is 4.29. The van der Waals surface area contributed by atoms with E-state index in [1.807, 2.05) is 31.2 Å². The Hall–Kier alpha value is -2.01. The van der Waals surface area contributed by atoms with Gasteiger partial charge in [-0.25, -0.2) is 0 Å². The van der Waals surface area contributed by atoms with Crippen molar-refractivity contribution in [2.75, 3.05) is 50.5 Å². The molecule has 29 heavy (non-hydrogen) atoms. The predicted molar refractivity (Wildman–Crippen MR) is 115 cm³/mol. The van der Waals surface area contributed by atoms with Crippen molar-refractivity contribution in [2.24, 2.45) is 0 Å². The first kappa shape index (κ1) is 21.7. The number of amides is 2. The number of morpholine rings is 1. The molecular formula is C19H25N5O3S2. The van der Waals surface area contributed by atoms with Gasteiger partial charge in [-0.2, -0.15) is 0 Å². The Labute approximate surface area is 178 Å². The molecular weight excluding hydrogens is 410 g/mol. The second kappa shape index (κ2) is 11.2. The lowest BCUT2D eigenvalue weighted by Gasteiger charge is -2.26. The highest BCUT2D eigenvalue weighted by Gasteiger charge is 2.15. The van der Waals surface area contributed by atoms with Gasteiger partial charge < -0.3 is 15.4 Å². The Morgan fingerprint density at radius 3 is 2.72 bits per heavy atom. The summed E-state index contributed by atoms with van der Waals surface area (Å²) < 4.78 is 5.92. The average molecular weight is 436 g/mol. The molecule has 2 heterocycles. The zero-order valence-corrected chi connectivity index (χ0v) is 18.0. The molecule has 1 aromatic heterocycles. The number of hydrogen-bond donors (Lipinski definition) is 2. The van der Waals surface area contributed by atoms with Crippen molar-refractivity contribution in [3.05, 3.63) is 34.8 Å². The fraction of sp³-hybridized carbons (Fsp3) is 0.474. The number of aryl methyl sites for hydroxylation is 1. The molecule has 1 aromatic carbocycles. The highest BCUT2D eigenvalue weighted by atomic mass is 32.2. The van der Waals surface area contributed by atoms with Crippen molar-refractivity contribution in [3.63, 3.8) is 0 Å². The molecule has 156 valence electrons. The minimum Gasteiger partial charge on any atom is -0.379 e. The van der Waals surface area contributed by atoms with E-state index in [1.54, 1.807) is 0 Å². The van der Waals surface area contributed by atoms with Gasteiger partial charge in [0.2, 0.25) is 10.9 Å². The number of benzene rings is 1. The third-order valence-corrected chi connectivity index (χ3v) is 6.37. The van der Waals surface area contributed by atoms with E-state index in [2.05, 4.69) is 25.7 Å². The maximum absolute atomic E-state index is 12.3. The van der Waals surface area contributed by atoms with Crippen LogP contribution < -0.4 is 10.6 Å². The molecule has 0 bridgehead atoms. The molecule has 0 saturated carbocycles. The Bertz CT molecular complexity index is 806. The molecule has 1 fully saturated rings. The molecule has 8 nitrogen and oxygen atoms in total. The molecule has 0 unspecified atom stereocenters. The number of anilines is 1. The third kappa shape index (κ3) is 7.39. The highest BCUT2D eigenvalue weighted by molar-refractivity contribution is 8.01. The van der Waals surface area contributed by atoms with E-state index in [4.69, 9.17) is 4.74 Å². The van der Waals surface area contributed by atoms with Gasteiger partial charge in [-0.15, -0.1) is 10.2 Å². The number of thioether (sulfide) groups is 1. The van der Waals surface area contributed by atoms with Gasteiger partial charge >= 0.3 is 0 Å². The predicted octanol–water partition coefficient (Wildman–Crippen LogP) is 2.03. The van der Waals surface area contributed by atoms with Crippen molar-refractivity contribution in [1.29, 1.82) is 0 Å². The Morgan fingerprint density at radius 2 is 1.97 bits per heavy atom. The van der Waals surface area contributed by atoms with Crippen LogP contribution in [0, 0.1) is 6.92 Å². The summed E-state index contributed by atoms with van der Waals surface area (Å²) in [5, 5.41) is 13.9. The van der Waals surface area contributed by atoms with Crippen LogP contribution in [0.25, 0.3) is 0 Å². The number of hydrogen-bond acceptors (Lipinski definition) is 8. The van der Waals surface area contributed by atoms with Crippen LogP contribution in [0.15, 0.2) is 28.6 Å². The van der Waals surface area contributed by atoms with E-state index in [9.17, 15) is 9.59 Å². The molecule has 2 aromatic rings. The summed E-state index contributed by atoms with van der Waals surface area (Å²) >= 11 is 2.47. The minimum absolute atomic E-state index is 0.0437. The second-order valence-electron chi connectivity index (χ2n) is 6.64. The summed E-state index contributed by atoms with van der Waals surface area (Å²) in [4.78, 5) is 26.6. The maximum Gasteiger partial charge on any atom is 0.286 e. The van der Waals surface area contributed by atoms with Crippen molar-refractivity contribution >= 4 is 40.6 Å². The largest absolute Gasteiger partial charge is 0.379 e. The highest BCUT2D eigenvalue weighted by Crippen LogP contribution is 2.23. The Morgan fingerprint density at radius 1 is 1.21 bits per heavy atom. The smallest absolute Gasteiger partial charge is 0.286 e. The summed E-state index contributed by atoms with van der Waals surface area (Å²) in [6.45, 7) is 7.09. The normalized spacial score (nSPS) is 14.5. The zero-order valence-electron chi connectivity index (χ0n) is 16.3. The van der Waals surface area contributed by atoms with Gasteiger partial charge in [-0.1, -0.05) is 40.8 Å². The SMILES string of the molecule is Cc1ccc(NC(=O)c2nnc(SCC(=O)NCCCN3CCOCC3)s2)cc1. The van der Waals surface area contributed by atoms with Crippen LogP contribution in [-0.4, -0.2) is 72.1 Å². The first-order chi connectivity index (χ1) is 14.1. The number of ether oxygens (including phenoxy) is 1. The zero-order chi connectivity index (χ0) is 20.5. The first-order valence-electron chi connectivity index (χ1n) is 9.51. The van der Waals surface area contributed by atoms with Crippen molar-refractivity contribution in [2.45, 2.75) is 17.7 Å². The molecule has 1 saturated heterocycles. The van der Waals surface area contributed by atoms with Crippen LogP contribution in [0.5, 0.6) is 0 Å². The summed E-state index contributed by atoms with van der Waals surface area (Å²) in [5.74, 6) is -0.0882. The Balaban J connectivity index is 1.34.